The van der Waals surface area contributed by atoms with Gasteiger partial charge in [0.05, 0.1) is 13.3 Å². The molecule has 3 heterocycles. The van der Waals surface area contributed by atoms with Gasteiger partial charge in [-0.25, -0.2) is 4.98 Å². The summed E-state index contributed by atoms with van der Waals surface area (Å²) < 4.78 is 13.0. The Balaban J connectivity index is 1.51. The van der Waals surface area contributed by atoms with Gasteiger partial charge in [-0.3, -0.25) is 9.48 Å². The second-order valence-corrected chi connectivity index (χ2v) is 8.00. The van der Waals surface area contributed by atoms with Crippen molar-refractivity contribution < 1.29 is 13.9 Å². The molecule has 0 radical (unpaired) electrons. The predicted octanol–water partition coefficient (Wildman–Crippen LogP) is 3.95. The highest BCUT2D eigenvalue weighted by Gasteiger charge is 2.30. The summed E-state index contributed by atoms with van der Waals surface area (Å²) in [5, 5.41) is 4.79. The number of aryl methyl sites for hydroxylation is 2. The lowest BCUT2D eigenvalue weighted by molar-refractivity contribution is -0.132. The van der Waals surface area contributed by atoms with E-state index in [1.54, 1.807) is 13.3 Å². The van der Waals surface area contributed by atoms with E-state index in [0.717, 1.165) is 34.8 Å². The third kappa shape index (κ3) is 3.97. The lowest BCUT2D eigenvalue weighted by Crippen LogP contribution is -2.36. The molecule has 3 aromatic rings. The topological polar surface area (TPSA) is 73.4 Å². The van der Waals surface area contributed by atoms with Crippen molar-refractivity contribution in [1.82, 2.24) is 19.7 Å². The Bertz CT molecular complexity index is 1030. The summed E-state index contributed by atoms with van der Waals surface area (Å²) in [6.07, 6.45) is 3.68. The molecule has 2 aromatic heterocycles. The Morgan fingerprint density at radius 1 is 1.27 bits per heavy atom. The molecule has 0 saturated heterocycles. The minimum absolute atomic E-state index is 0.156. The van der Waals surface area contributed by atoms with Crippen LogP contribution in [0, 0.1) is 6.92 Å². The van der Waals surface area contributed by atoms with Crippen LogP contribution in [0.1, 0.15) is 48.9 Å². The Labute approximate surface area is 176 Å². The number of methoxy groups -OCH3 is 1. The molecule has 0 bridgehead atoms. The average Bonchev–Trinajstić information content (AvgIpc) is 3.35. The number of fused-ring (bicyclic) bond motifs is 1. The fraction of sp³-hybridized carbons (Fsp3) is 0.435. The minimum atomic E-state index is 0.156. The molecule has 0 aliphatic carbocycles. The summed E-state index contributed by atoms with van der Waals surface area (Å²) in [5.74, 6) is 2.25. The number of hydrogen-bond acceptors (Lipinski definition) is 5. The maximum Gasteiger partial charge on any atom is 0.247 e. The molecule has 4 rings (SSSR count). The zero-order chi connectivity index (χ0) is 21.3. The van der Waals surface area contributed by atoms with Crippen LogP contribution in [0.5, 0.6) is 5.75 Å². The number of ether oxygens (including phenoxy) is 1. The maximum absolute atomic E-state index is 12.9. The molecule has 0 atom stereocenters. The third-order valence-corrected chi connectivity index (χ3v) is 5.54. The molecule has 158 valence electrons. The van der Waals surface area contributed by atoms with Crippen molar-refractivity contribution in [3.8, 4) is 17.3 Å². The second-order valence-electron chi connectivity index (χ2n) is 8.00. The number of amides is 1. The molecular weight excluding hydrogens is 380 g/mol. The highest BCUT2D eigenvalue weighted by atomic mass is 16.5. The number of aromatic nitrogens is 3. The van der Waals surface area contributed by atoms with E-state index in [-0.39, 0.29) is 11.9 Å². The lowest BCUT2D eigenvalue weighted by Gasteiger charge is -2.28. The molecule has 0 fully saturated rings. The van der Waals surface area contributed by atoms with E-state index in [2.05, 4.69) is 18.8 Å². The molecular formula is C23H28N4O3. The Morgan fingerprint density at radius 3 is 2.67 bits per heavy atom. The number of benzene rings is 1. The van der Waals surface area contributed by atoms with Gasteiger partial charge < -0.3 is 14.1 Å². The Hall–Kier alpha value is -3.09. The van der Waals surface area contributed by atoms with E-state index in [1.165, 1.54) is 5.69 Å². The fourth-order valence-corrected chi connectivity index (χ4v) is 3.92. The first-order valence-corrected chi connectivity index (χ1v) is 10.4. The molecule has 7 heteroatoms. The first-order valence-electron chi connectivity index (χ1n) is 10.4. The van der Waals surface area contributed by atoms with Gasteiger partial charge in [0.25, 0.3) is 0 Å². The summed E-state index contributed by atoms with van der Waals surface area (Å²) in [4.78, 5) is 19.2. The van der Waals surface area contributed by atoms with Gasteiger partial charge in [0.1, 0.15) is 11.5 Å². The van der Waals surface area contributed by atoms with E-state index in [0.29, 0.717) is 31.8 Å². The predicted molar refractivity (Wildman–Crippen MR) is 113 cm³/mol. The summed E-state index contributed by atoms with van der Waals surface area (Å²) >= 11 is 0. The van der Waals surface area contributed by atoms with Gasteiger partial charge in [-0.2, -0.15) is 5.10 Å². The van der Waals surface area contributed by atoms with Crippen LogP contribution in [-0.4, -0.2) is 39.2 Å². The van der Waals surface area contributed by atoms with Crippen LogP contribution in [0.3, 0.4) is 0 Å². The van der Waals surface area contributed by atoms with Crippen LogP contribution < -0.4 is 4.74 Å². The highest BCUT2D eigenvalue weighted by Crippen LogP contribution is 2.31. The molecule has 0 N–H and O–H groups in total. The smallest absolute Gasteiger partial charge is 0.247 e. The van der Waals surface area contributed by atoms with Gasteiger partial charge in [0, 0.05) is 43.2 Å². The van der Waals surface area contributed by atoms with Gasteiger partial charge in [-0.1, -0.05) is 12.1 Å². The number of nitrogens with zero attached hydrogens (tertiary/aromatic N) is 4. The fourth-order valence-electron chi connectivity index (χ4n) is 3.92. The zero-order valence-electron chi connectivity index (χ0n) is 18.0. The van der Waals surface area contributed by atoms with E-state index < -0.39 is 0 Å². The molecule has 0 spiro atoms. The van der Waals surface area contributed by atoms with Crippen molar-refractivity contribution in [3.05, 3.63) is 53.0 Å². The molecule has 7 nitrogen and oxygen atoms in total. The third-order valence-electron chi connectivity index (χ3n) is 5.54. The molecule has 0 unspecified atom stereocenters. The van der Waals surface area contributed by atoms with Crippen molar-refractivity contribution in [1.29, 1.82) is 0 Å². The van der Waals surface area contributed by atoms with Crippen LogP contribution in [0.25, 0.3) is 11.6 Å². The summed E-state index contributed by atoms with van der Waals surface area (Å²) in [5.41, 5.74) is 4.11. The number of oxazole rings is 1. The molecule has 0 saturated carbocycles. The van der Waals surface area contributed by atoms with Crippen molar-refractivity contribution in [2.75, 3.05) is 13.7 Å². The van der Waals surface area contributed by atoms with Gasteiger partial charge >= 0.3 is 0 Å². The SMILES string of the molecule is COc1ccc(CCC(=O)N2CCc3c(c(-c4ncc(C)o4)nn3C(C)C)C2)cc1. The summed E-state index contributed by atoms with van der Waals surface area (Å²) in [6, 6.07) is 8.11. The quantitative estimate of drug-likeness (QED) is 0.617. The van der Waals surface area contributed by atoms with E-state index in [4.69, 9.17) is 14.3 Å². The van der Waals surface area contributed by atoms with Crippen LogP contribution in [0.4, 0.5) is 0 Å². The van der Waals surface area contributed by atoms with Crippen LogP contribution >= 0.6 is 0 Å². The van der Waals surface area contributed by atoms with Gasteiger partial charge in [-0.15, -0.1) is 0 Å². The van der Waals surface area contributed by atoms with Crippen molar-refractivity contribution in [3.63, 3.8) is 0 Å². The Morgan fingerprint density at radius 2 is 2.03 bits per heavy atom. The van der Waals surface area contributed by atoms with Gasteiger partial charge in [0.2, 0.25) is 11.8 Å². The molecule has 1 aliphatic rings. The standard InChI is InChI=1S/C23H28N4O3/c1-15(2)27-20-11-12-26(14-19(20)22(25-27)23-24-13-16(3)30-23)21(28)10-7-17-5-8-18(29-4)9-6-17/h5-6,8-9,13,15H,7,10-12,14H2,1-4H3. The van der Waals surface area contributed by atoms with Crippen LogP contribution in [0.2, 0.25) is 0 Å². The minimum Gasteiger partial charge on any atom is -0.497 e. The highest BCUT2D eigenvalue weighted by molar-refractivity contribution is 5.77. The molecule has 30 heavy (non-hydrogen) atoms. The lowest BCUT2D eigenvalue weighted by atomic mass is 10.0. The maximum atomic E-state index is 12.9. The number of carbonyl (C=O) groups is 1. The normalized spacial score (nSPS) is 13.6. The van der Waals surface area contributed by atoms with Crippen molar-refractivity contribution >= 4 is 5.91 Å². The first kappa shape index (κ1) is 20.2. The summed E-state index contributed by atoms with van der Waals surface area (Å²) in [6.45, 7) is 7.35. The van der Waals surface area contributed by atoms with Crippen LogP contribution in [-0.2, 0) is 24.2 Å². The zero-order valence-corrected chi connectivity index (χ0v) is 18.0. The van der Waals surface area contributed by atoms with Gasteiger partial charge in [-0.05, 0) is 44.9 Å². The van der Waals surface area contributed by atoms with E-state index in [1.807, 2.05) is 40.8 Å². The first-order chi connectivity index (χ1) is 14.5. The van der Waals surface area contributed by atoms with Gasteiger partial charge in [0.15, 0.2) is 5.69 Å². The molecule has 1 aliphatic heterocycles. The van der Waals surface area contributed by atoms with E-state index >= 15 is 0 Å². The molecule has 1 amide bonds. The van der Waals surface area contributed by atoms with Crippen molar-refractivity contribution in [2.45, 2.75) is 52.6 Å². The number of hydrogen-bond donors (Lipinski definition) is 0. The Kier molecular flexibility index (Phi) is 5.61. The summed E-state index contributed by atoms with van der Waals surface area (Å²) in [7, 11) is 1.65. The second kappa shape index (κ2) is 8.34. The number of carbonyl (C=O) groups excluding carboxylic acids is 1. The largest absolute Gasteiger partial charge is 0.497 e. The van der Waals surface area contributed by atoms with Crippen LogP contribution in [0.15, 0.2) is 34.9 Å². The van der Waals surface area contributed by atoms with E-state index in [9.17, 15) is 4.79 Å². The average molecular weight is 409 g/mol. The monoisotopic (exact) mass is 408 g/mol. The van der Waals surface area contributed by atoms with Crippen molar-refractivity contribution in [2.24, 2.45) is 0 Å². The molecule has 1 aromatic carbocycles. The number of rotatable bonds is 6.